The maximum absolute atomic E-state index is 4.49. The normalized spacial score (nSPS) is 22.3. The van der Waals surface area contributed by atoms with Crippen LogP contribution >= 0.6 is 0 Å². The van der Waals surface area contributed by atoms with Gasteiger partial charge in [0.25, 0.3) is 0 Å². The van der Waals surface area contributed by atoms with Gasteiger partial charge in [-0.05, 0) is 13.3 Å². The van der Waals surface area contributed by atoms with Crippen LogP contribution in [0.1, 0.15) is 36.6 Å². The van der Waals surface area contributed by atoms with Crippen LogP contribution in [0.15, 0.2) is 0 Å². The van der Waals surface area contributed by atoms with E-state index < -0.39 is 0 Å². The van der Waals surface area contributed by atoms with Gasteiger partial charge in [-0.15, -0.1) is 0 Å². The molecule has 2 heterocycles. The monoisotopic (exact) mass is 165 g/mol. The molecule has 12 heavy (non-hydrogen) atoms. The molecule has 1 atom stereocenters. The molecule has 0 aromatic carbocycles. The molecule has 66 valence electrons. The fraction of sp³-hybridized carbons (Fsp3) is 0.667. The fourth-order valence-electron chi connectivity index (χ4n) is 1.84. The van der Waals surface area contributed by atoms with Crippen molar-refractivity contribution in [2.45, 2.75) is 32.7 Å². The highest BCUT2D eigenvalue weighted by Gasteiger charge is 2.20. The lowest BCUT2D eigenvalue weighted by Crippen LogP contribution is -2.29. The molecular formula is C9H15N3. The van der Waals surface area contributed by atoms with Gasteiger partial charge in [0.1, 0.15) is 5.82 Å². The molecule has 2 rings (SSSR count). The van der Waals surface area contributed by atoms with Crippen LogP contribution in [0.3, 0.4) is 0 Å². The number of H-pyrrole nitrogens is 1. The highest BCUT2D eigenvalue weighted by Crippen LogP contribution is 2.22. The molecule has 3 nitrogen and oxygen atoms in total. The van der Waals surface area contributed by atoms with Gasteiger partial charge >= 0.3 is 0 Å². The molecule has 3 heteroatoms. The van der Waals surface area contributed by atoms with Crippen molar-refractivity contribution in [3.63, 3.8) is 0 Å². The third kappa shape index (κ3) is 1.14. The summed E-state index contributed by atoms with van der Waals surface area (Å²) in [5, 5.41) is 3.46. The van der Waals surface area contributed by atoms with Crippen molar-refractivity contribution < 1.29 is 0 Å². The van der Waals surface area contributed by atoms with Gasteiger partial charge in [0.2, 0.25) is 0 Å². The lowest BCUT2D eigenvalue weighted by molar-refractivity contribution is 0.480. The van der Waals surface area contributed by atoms with E-state index in [1.807, 2.05) is 6.92 Å². The average Bonchev–Trinajstić information content (AvgIpc) is 2.44. The van der Waals surface area contributed by atoms with E-state index in [9.17, 15) is 0 Å². The largest absolute Gasteiger partial charge is 0.346 e. The number of nitrogens with one attached hydrogen (secondary N) is 2. The van der Waals surface area contributed by atoms with Crippen molar-refractivity contribution in [3.05, 3.63) is 17.2 Å². The summed E-state index contributed by atoms with van der Waals surface area (Å²) in [6.07, 6.45) is 2.21. The molecule has 1 aliphatic heterocycles. The molecule has 1 aromatic heterocycles. The predicted molar refractivity (Wildman–Crippen MR) is 48.1 cm³/mol. The molecule has 0 saturated heterocycles. The van der Waals surface area contributed by atoms with Crippen LogP contribution in [0.5, 0.6) is 0 Å². The van der Waals surface area contributed by atoms with Crippen LogP contribution in [0.25, 0.3) is 0 Å². The summed E-state index contributed by atoms with van der Waals surface area (Å²) in [6.45, 7) is 5.29. The van der Waals surface area contributed by atoms with Crippen molar-refractivity contribution >= 4 is 0 Å². The molecule has 1 unspecified atom stereocenters. The Morgan fingerprint density at radius 3 is 3.17 bits per heavy atom. The van der Waals surface area contributed by atoms with Gasteiger partial charge in [0.15, 0.2) is 0 Å². The fourth-order valence-corrected chi connectivity index (χ4v) is 1.84. The topological polar surface area (TPSA) is 40.7 Å². The van der Waals surface area contributed by atoms with E-state index in [0.717, 1.165) is 25.2 Å². The van der Waals surface area contributed by atoms with Crippen LogP contribution in [0, 0.1) is 6.92 Å². The van der Waals surface area contributed by atoms with Gasteiger partial charge in [-0.3, -0.25) is 0 Å². The lowest BCUT2D eigenvalue weighted by atomic mass is 10.0. The number of aromatic amines is 1. The van der Waals surface area contributed by atoms with Crippen LogP contribution in [-0.4, -0.2) is 16.5 Å². The first-order chi connectivity index (χ1) is 5.81. The Balaban J connectivity index is 2.36. The summed E-state index contributed by atoms with van der Waals surface area (Å²) in [6, 6.07) is 0.471. The first-order valence-corrected chi connectivity index (χ1v) is 4.60. The minimum absolute atomic E-state index is 0.471. The van der Waals surface area contributed by atoms with Crippen molar-refractivity contribution in [2.24, 2.45) is 0 Å². The Morgan fingerprint density at radius 2 is 2.42 bits per heavy atom. The Bertz CT molecular complexity index is 277. The number of rotatable bonds is 1. The Labute approximate surface area is 72.6 Å². The predicted octanol–water partition coefficient (Wildman–Crippen LogP) is 1.31. The van der Waals surface area contributed by atoms with E-state index in [1.165, 1.54) is 11.4 Å². The lowest BCUT2D eigenvalue weighted by Gasteiger charge is -2.21. The molecule has 0 amide bonds. The van der Waals surface area contributed by atoms with Crippen molar-refractivity contribution in [1.29, 1.82) is 0 Å². The summed E-state index contributed by atoms with van der Waals surface area (Å²) in [5.74, 6) is 1.04. The van der Waals surface area contributed by atoms with Crippen LogP contribution in [0.4, 0.5) is 0 Å². The second kappa shape index (κ2) is 2.90. The number of hydrogen-bond acceptors (Lipinski definition) is 2. The maximum Gasteiger partial charge on any atom is 0.103 e. The molecule has 0 spiro atoms. The van der Waals surface area contributed by atoms with Crippen LogP contribution < -0.4 is 5.32 Å². The van der Waals surface area contributed by atoms with Crippen LogP contribution in [0.2, 0.25) is 0 Å². The maximum atomic E-state index is 4.49. The van der Waals surface area contributed by atoms with E-state index in [1.54, 1.807) is 0 Å². The molecule has 1 aromatic rings. The summed E-state index contributed by atoms with van der Waals surface area (Å²) >= 11 is 0. The summed E-state index contributed by atoms with van der Waals surface area (Å²) in [5.41, 5.74) is 2.57. The molecule has 0 fully saturated rings. The molecular weight excluding hydrogens is 150 g/mol. The van der Waals surface area contributed by atoms with E-state index in [0.29, 0.717) is 6.04 Å². The van der Waals surface area contributed by atoms with Gasteiger partial charge in [0, 0.05) is 18.7 Å². The first kappa shape index (κ1) is 7.80. The highest BCUT2D eigenvalue weighted by molar-refractivity contribution is 5.21. The first-order valence-electron chi connectivity index (χ1n) is 4.60. The quantitative estimate of drug-likeness (QED) is 0.658. The third-order valence-electron chi connectivity index (χ3n) is 2.43. The molecule has 0 aliphatic carbocycles. The Kier molecular flexibility index (Phi) is 1.89. The smallest absolute Gasteiger partial charge is 0.103 e. The molecule has 0 radical (unpaired) electrons. The van der Waals surface area contributed by atoms with E-state index in [2.05, 4.69) is 22.2 Å². The summed E-state index contributed by atoms with van der Waals surface area (Å²) in [7, 11) is 0. The SMILES string of the molecule is CCC1NCCc2[nH]c(C)nc21. The highest BCUT2D eigenvalue weighted by atomic mass is 15.0. The van der Waals surface area contributed by atoms with E-state index >= 15 is 0 Å². The number of fused-ring (bicyclic) bond motifs is 1. The van der Waals surface area contributed by atoms with Gasteiger partial charge < -0.3 is 10.3 Å². The Morgan fingerprint density at radius 1 is 1.58 bits per heavy atom. The van der Waals surface area contributed by atoms with Gasteiger partial charge in [-0.2, -0.15) is 0 Å². The molecule has 0 saturated carbocycles. The summed E-state index contributed by atoms with van der Waals surface area (Å²) < 4.78 is 0. The van der Waals surface area contributed by atoms with Crippen LogP contribution in [-0.2, 0) is 6.42 Å². The minimum Gasteiger partial charge on any atom is -0.346 e. The third-order valence-corrected chi connectivity index (χ3v) is 2.43. The molecule has 1 aliphatic rings. The minimum atomic E-state index is 0.471. The number of hydrogen-bond donors (Lipinski definition) is 2. The summed E-state index contributed by atoms with van der Waals surface area (Å²) in [4.78, 5) is 7.80. The number of imidazole rings is 1. The number of aromatic nitrogens is 2. The van der Waals surface area contributed by atoms with Gasteiger partial charge in [0.05, 0.1) is 11.7 Å². The molecule has 0 bridgehead atoms. The van der Waals surface area contributed by atoms with E-state index in [4.69, 9.17) is 0 Å². The zero-order chi connectivity index (χ0) is 8.55. The van der Waals surface area contributed by atoms with Crippen molar-refractivity contribution in [3.8, 4) is 0 Å². The zero-order valence-corrected chi connectivity index (χ0v) is 7.65. The number of aryl methyl sites for hydroxylation is 1. The zero-order valence-electron chi connectivity index (χ0n) is 7.65. The second-order valence-corrected chi connectivity index (χ2v) is 3.35. The van der Waals surface area contributed by atoms with Gasteiger partial charge in [-0.25, -0.2) is 4.98 Å². The van der Waals surface area contributed by atoms with Crippen molar-refractivity contribution in [2.75, 3.05) is 6.54 Å². The standard InChI is InChI=1S/C9H15N3/c1-3-7-9-8(4-5-10-7)11-6(2)12-9/h7,10H,3-5H2,1-2H3,(H,11,12). The van der Waals surface area contributed by atoms with Crippen molar-refractivity contribution in [1.82, 2.24) is 15.3 Å². The number of nitrogens with zero attached hydrogens (tertiary/aromatic N) is 1. The second-order valence-electron chi connectivity index (χ2n) is 3.35. The van der Waals surface area contributed by atoms with Gasteiger partial charge in [-0.1, -0.05) is 6.92 Å². The van der Waals surface area contributed by atoms with E-state index in [-0.39, 0.29) is 0 Å². The molecule has 2 N–H and O–H groups in total. The average molecular weight is 165 g/mol. The Hall–Kier alpha value is -0.830.